The Hall–Kier alpha value is -5.10. The van der Waals surface area contributed by atoms with Crippen molar-refractivity contribution in [2.75, 3.05) is 0 Å². The Morgan fingerprint density at radius 1 is 0.532 bits per heavy atom. The van der Waals surface area contributed by atoms with Crippen LogP contribution >= 0.6 is 0 Å². The smallest absolute Gasteiger partial charge is 0.456 e. The van der Waals surface area contributed by atoms with E-state index in [0.717, 1.165) is 60.6 Å². The molecule has 228 valence electrons. The van der Waals surface area contributed by atoms with Crippen LogP contribution in [0, 0.1) is 0 Å². The molecule has 4 nitrogen and oxygen atoms in total. The van der Waals surface area contributed by atoms with Crippen LogP contribution in [0.4, 0.5) is 0 Å². The van der Waals surface area contributed by atoms with Gasteiger partial charge in [0.2, 0.25) is 0 Å². The number of aromatic nitrogens is 1. The van der Waals surface area contributed by atoms with Gasteiger partial charge in [0.15, 0.2) is 0 Å². The maximum atomic E-state index is 6.74. The Morgan fingerprint density at radius 3 is 1.72 bits per heavy atom. The minimum atomic E-state index is -0.569. The zero-order chi connectivity index (χ0) is 31.9. The van der Waals surface area contributed by atoms with E-state index in [2.05, 4.69) is 154 Å². The first-order chi connectivity index (χ1) is 22.8. The third-order valence-electron chi connectivity index (χ3n) is 10.2. The molecule has 0 N–H and O–H groups in total. The maximum Gasteiger partial charge on any atom is 0.498 e. The van der Waals surface area contributed by atoms with Gasteiger partial charge in [0.1, 0.15) is 11.2 Å². The van der Waals surface area contributed by atoms with Crippen LogP contribution in [0.1, 0.15) is 27.7 Å². The summed E-state index contributed by atoms with van der Waals surface area (Å²) in [4.78, 5) is 0. The highest BCUT2D eigenvalue weighted by atomic mass is 16.7. The summed E-state index contributed by atoms with van der Waals surface area (Å²) >= 11 is 0. The monoisotopic (exact) mass is 611 g/mol. The van der Waals surface area contributed by atoms with E-state index >= 15 is 0 Å². The normalized spacial score (nSPS) is 15.8. The van der Waals surface area contributed by atoms with Crippen LogP contribution in [0.25, 0.3) is 71.7 Å². The SMILES string of the molecule is CC1(C)OB(c2cc3c4ccccc4n(-c4cc(-c5ccccc5)cc(-c5ccccc5)c4)c3c3c2oc2ccccc23)OC1(C)C. The topological polar surface area (TPSA) is 36.5 Å². The first-order valence-corrected chi connectivity index (χ1v) is 16.3. The lowest BCUT2D eigenvalue weighted by molar-refractivity contribution is 0.00578. The van der Waals surface area contributed by atoms with Gasteiger partial charge in [-0.3, -0.25) is 0 Å². The number of para-hydroxylation sites is 2. The van der Waals surface area contributed by atoms with Gasteiger partial charge in [-0.05, 0) is 86.3 Å². The number of furan rings is 1. The zero-order valence-electron chi connectivity index (χ0n) is 27.0. The largest absolute Gasteiger partial charge is 0.498 e. The Balaban J connectivity index is 1.41. The van der Waals surface area contributed by atoms with Gasteiger partial charge >= 0.3 is 7.12 Å². The number of hydrogen-bond acceptors (Lipinski definition) is 3. The Bertz CT molecular complexity index is 2400. The minimum Gasteiger partial charge on any atom is -0.456 e. The van der Waals surface area contributed by atoms with Gasteiger partial charge in [-0.2, -0.15) is 0 Å². The molecule has 0 bridgehead atoms. The summed E-state index contributed by atoms with van der Waals surface area (Å²) in [7, 11) is -0.569. The summed E-state index contributed by atoms with van der Waals surface area (Å²) in [6.07, 6.45) is 0. The van der Waals surface area contributed by atoms with E-state index in [4.69, 9.17) is 13.7 Å². The van der Waals surface area contributed by atoms with Crippen molar-refractivity contribution in [2.24, 2.45) is 0 Å². The highest BCUT2D eigenvalue weighted by Gasteiger charge is 2.52. The van der Waals surface area contributed by atoms with Gasteiger partial charge < -0.3 is 18.3 Å². The summed E-state index contributed by atoms with van der Waals surface area (Å²) in [5.41, 5.74) is 9.58. The average molecular weight is 612 g/mol. The highest BCUT2D eigenvalue weighted by Crippen LogP contribution is 2.43. The molecule has 0 radical (unpaired) electrons. The molecule has 0 unspecified atom stereocenters. The summed E-state index contributed by atoms with van der Waals surface area (Å²) in [6.45, 7) is 8.38. The standard InChI is InChI=1S/C42H34BNO3/c1-41(2)42(3,4)47-43(46-41)35-26-34-32-19-11-13-21-36(32)44(39(34)38-33-20-12-14-22-37(33)45-40(35)38)31-24-29(27-15-7-5-8-16-27)23-30(25-31)28-17-9-6-10-18-28/h5-26H,1-4H3. The lowest BCUT2D eigenvalue weighted by atomic mass is 9.77. The van der Waals surface area contributed by atoms with Crippen LogP contribution in [0.2, 0.25) is 0 Å². The fourth-order valence-electron chi connectivity index (χ4n) is 7.11. The number of rotatable bonds is 4. The quantitative estimate of drug-likeness (QED) is 0.186. The number of hydrogen-bond donors (Lipinski definition) is 0. The molecule has 0 amide bonds. The molecule has 0 spiro atoms. The van der Waals surface area contributed by atoms with Crippen molar-refractivity contribution in [3.8, 4) is 27.9 Å². The van der Waals surface area contributed by atoms with Crippen LogP contribution in [0.5, 0.6) is 0 Å². The van der Waals surface area contributed by atoms with Crippen molar-refractivity contribution in [1.82, 2.24) is 4.57 Å². The van der Waals surface area contributed by atoms with Crippen LogP contribution in [-0.2, 0) is 9.31 Å². The maximum absolute atomic E-state index is 6.74. The molecular formula is C42H34BNO3. The third-order valence-corrected chi connectivity index (χ3v) is 10.2. The molecule has 6 aromatic carbocycles. The fraction of sp³-hybridized carbons (Fsp3) is 0.143. The molecule has 1 fully saturated rings. The van der Waals surface area contributed by atoms with E-state index in [1.165, 1.54) is 16.5 Å². The lowest BCUT2D eigenvalue weighted by Gasteiger charge is -2.32. The molecule has 5 heteroatoms. The van der Waals surface area contributed by atoms with Crippen molar-refractivity contribution in [2.45, 2.75) is 38.9 Å². The molecule has 47 heavy (non-hydrogen) atoms. The molecule has 3 heterocycles. The molecule has 1 aliphatic rings. The second kappa shape index (κ2) is 10.2. The van der Waals surface area contributed by atoms with Crippen LogP contribution in [0.15, 0.2) is 138 Å². The Kier molecular flexibility index (Phi) is 6.11. The van der Waals surface area contributed by atoms with Crippen molar-refractivity contribution in [3.63, 3.8) is 0 Å². The lowest BCUT2D eigenvalue weighted by Crippen LogP contribution is -2.41. The van der Waals surface area contributed by atoms with Crippen molar-refractivity contribution >= 4 is 56.3 Å². The van der Waals surface area contributed by atoms with Crippen molar-refractivity contribution in [1.29, 1.82) is 0 Å². The van der Waals surface area contributed by atoms with E-state index in [9.17, 15) is 0 Å². The van der Waals surface area contributed by atoms with Gasteiger partial charge in [0.25, 0.3) is 0 Å². The number of benzene rings is 6. The summed E-state index contributed by atoms with van der Waals surface area (Å²) < 4.78 is 22.5. The van der Waals surface area contributed by atoms with Gasteiger partial charge in [-0.25, -0.2) is 0 Å². The summed E-state index contributed by atoms with van der Waals surface area (Å²) in [5.74, 6) is 0. The van der Waals surface area contributed by atoms with E-state index in [1.54, 1.807) is 0 Å². The van der Waals surface area contributed by atoms with E-state index in [0.29, 0.717) is 0 Å². The average Bonchev–Trinajstić information content (AvgIpc) is 3.71. The molecular weight excluding hydrogens is 577 g/mol. The molecule has 9 rings (SSSR count). The van der Waals surface area contributed by atoms with Gasteiger partial charge in [-0.1, -0.05) is 97.1 Å². The molecule has 2 aromatic heterocycles. The zero-order valence-corrected chi connectivity index (χ0v) is 27.0. The minimum absolute atomic E-state index is 0.481. The van der Waals surface area contributed by atoms with Crippen LogP contribution < -0.4 is 5.46 Å². The molecule has 0 aliphatic carbocycles. The molecule has 8 aromatic rings. The predicted octanol–water partition coefficient (Wildman–Crippen LogP) is 10.3. The highest BCUT2D eigenvalue weighted by molar-refractivity contribution is 6.66. The summed E-state index contributed by atoms with van der Waals surface area (Å²) in [5, 5.41) is 4.43. The second-order valence-corrected chi connectivity index (χ2v) is 13.6. The van der Waals surface area contributed by atoms with Gasteiger partial charge in [-0.15, -0.1) is 0 Å². The first-order valence-electron chi connectivity index (χ1n) is 16.3. The van der Waals surface area contributed by atoms with E-state index < -0.39 is 18.3 Å². The molecule has 0 atom stereocenters. The van der Waals surface area contributed by atoms with Gasteiger partial charge in [0.05, 0.1) is 27.6 Å². The van der Waals surface area contributed by atoms with Crippen LogP contribution in [0.3, 0.4) is 0 Å². The summed E-state index contributed by atoms with van der Waals surface area (Å²) in [6, 6.07) is 47.4. The van der Waals surface area contributed by atoms with E-state index in [1.807, 2.05) is 12.1 Å². The predicted molar refractivity (Wildman–Crippen MR) is 195 cm³/mol. The number of nitrogens with zero attached hydrogens (tertiary/aromatic N) is 1. The van der Waals surface area contributed by atoms with E-state index in [-0.39, 0.29) is 0 Å². The molecule has 1 saturated heterocycles. The number of fused-ring (bicyclic) bond motifs is 7. The Labute approximate surface area is 274 Å². The van der Waals surface area contributed by atoms with Gasteiger partial charge in [0, 0.05) is 27.3 Å². The first kappa shape index (κ1) is 28.2. The Morgan fingerprint density at radius 2 is 1.09 bits per heavy atom. The van der Waals surface area contributed by atoms with Crippen molar-refractivity contribution in [3.05, 3.63) is 133 Å². The van der Waals surface area contributed by atoms with Crippen LogP contribution in [-0.4, -0.2) is 22.9 Å². The third kappa shape index (κ3) is 4.31. The molecule has 1 aliphatic heterocycles. The second-order valence-electron chi connectivity index (χ2n) is 13.6. The molecule has 0 saturated carbocycles. The fourth-order valence-corrected chi connectivity index (χ4v) is 7.11. The van der Waals surface area contributed by atoms with Crippen molar-refractivity contribution < 1.29 is 13.7 Å².